The highest BCUT2D eigenvalue weighted by atomic mass is 16.5. The second kappa shape index (κ2) is 7.56. The molecule has 0 saturated carbocycles. The van der Waals surface area contributed by atoms with Crippen LogP contribution in [-0.2, 0) is 12.0 Å². The van der Waals surface area contributed by atoms with Crippen LogP contribution in [0.15, 0.2) is 76.2 Å². The van der Waals surface area contributed by atoms with E-state index in [1.165, 1.54) is 10.7 Å². The summed E-state index contributed by atoms with van der Waals surface area (Å²) in [6.07, 6.45) is 1.90. The van der Waals surface area contributed by atoms with Crippen molar-refractivity contribution in [2.24, 2.45) is 0 Å². The summed E-state index contributed by atoms with van der Waals surface area (Å²) in [7, 11) is 0. The standard InChI is InChI=1S/C24H22N6O2/c1-24(2,3)23-25-19(28-32-23)15-30-20(31)13-12-17(26-30)21-18-11-7-8-14-29(18)27-22(21)16-9-5-4-6-10-16/h4-14H,15H2,1-3H3. The predicted octanol–water partition coefficient (Wildman–Crippen LogP) is 3.95. The van der Waals surface area contributed by atoms with Crippen LogP contribution >= 0.6 is 0 Å². The highest BCUT2D eigenvalue weighted by Gasteiger charge is 2.22. The van der Waals surface area contributed by atoms with Crippen molar-refractivity contribution in [3.8, 4) is 22.5 Å². The van der Waals surface area contributed by atoms with Crippen molar-refractivity contribution in [2.75, 3.05) is 0 Å². The molecule has 4 aromatic heterocycles. The number of benzene rings is 1. The number of fused-ring (bicyclic) bond motifs is 1. The molecule has 0 amide bonds. The van der Waals surface area contributed by atoms with Gasteiger partial charge in [-0.15, -0.1) is 0 Å². The minimum Gasteiger partial charge on any atom is -0.339 e. The first-order chi connectivity index (χ1) is 15.4. The summed E-state index contributed by atoms with van der Waals surface area (Å²) >= 11 is 0. The van der Waals surface area contributed by atoms with E-state index in [9.17, 15) is 4.79 Å². The molecule has 0 aliphatic rings. The molecule has 5 rings (SSSR count). The third-order valence-corrected chi connectivity index (χ3v) is 5.11. The first kappa shape index (κ1) is 19.9. The molecule has 4 heterocycles. The maximum Gasteiger partial charge on any atom is 0.267 e. The van der Waals surface area contributed by atoms with Crippen molar-refractivity contribution in [1.82, 2.24) is 29.5 Å². The average Bonchev–Trinajstić information content (AvgIpc) is 3.41. The topological polar surface area (TPSA) is 91.1 Å². The van der Waals surface area contributed by atoms with Gasteiger partial charge < -0.3 is 4.52 Å². The Balaban J connectivity index is 1.62. The molecule has 0 aliphatic carbocycles. The molecule has 160 valence electrons. The third-order valence-electron chi connectivity index (χ3n) is 5.11. The number of hydrogen-bond acceptors (Lipinski definition) is 6. The van der Waals surface area contributed by atoms with Crippen molar-refractivity contribution in [3.63, 3.8) is 0 Å². The van der Waals surface area contributed by atoms with Gasteiger partial charge >= 0.3 is 0 Å². The van der Waals surface area contributed by atoms with E-state index in [1.807, 2.05) is 80.0 Å². The lowest BCUT2D eigenvalue weighted by Gasteiger charge is -2.10. The van der Waals surface area contributed by atoms with E-state index in [1.54, 1.807) is 6.07 Å². The van der Waals surface area contributed by atoms with Crippen molar-refractivity contribution in [2.45, 2.75) is 32.7 Å². The fourth-order valence-corrected chi connectivity index (χ4v) is 3.50. The fraction of sp³-hybridized carbons (Fsp3) is 0.208. The number of hydrogen-bond donors (Lipinski definition) is 0. The highest BCUT2D eigenvalue weighted by molar-refractivity contribution is 5.90. The van der Waals surface area contributed by atoms with Gasteiger partial charge in [-0.1, -0.05) is 62.3 Å². The molecule has 0 atom stereocenters. The van der Waals surface area contributed by atoms with E-state index >= 15 is 0 Å². The van der Waals surface area contributed by atoms with Gasteiger partial charge in [0.05, 0.1) is 16.8 Å². The van der Waals surface area contributed by atoms with Crippen LogP contribution in [0.3, 0.4) is 0 Å². The molecule has 0 fully saturated rings. The summed E-state index contributed by atoms with van der Waals surface area (Å²) in [5, 5.41) is 13.4. The maximum absolute atomic E-state index is 12.6. The molecule has 5 aromatic rings. The van der Waals surface area contributed by atoms with E-state index in [4.69, 9.17) is 9.62 Å². The normalized spacial score (nSPS) is 11.8. The van der Waals surface area contributed by atoms with Crippen LogP contribution in [-0.4, -0.2) is 29.5 Å². The SMILES string of the molecule is CC(C)(C)c1nc(Cn2nc(-c3c(-c4ccccc4)nn4ccccc34)ccc2=O)no1. The summed E-state index contributed by atoms with van der Waals surface area (Å²) in [4.78, 5) is 17.0. The lowest BCUT2D eigenvalue weighted by atomic mass is 9.97. The van der Waals surface area contributed by atoms with Gasteiger partial charge in [0.2, 0.25) is 5.89 Å². The number of pyridine rings is 1. The Morgan fingerprint density at radius 2 is 1.72 bits per heavy atom. The fourth-order valence-electron chi connectivity index (χ4n) is 3.50. The molecule has 0 aliphatic heterocycles. The first-order valence-electron chi connectivity index (χ1n) is 10.3. The van der Waals surface area contributed by atoms with Crippen LogP contribution in [0.4, 0.5) is 0 Å². The zero-order valence-electron chi connectivity index (χ0n) is 18.1. The van der Waals surface area contributed by atoms with Gasteiger partial charge in [-0.3, -0.25) is 4.79 Å². The van der Waals surface area contributed by atoms with Crippen LogP contribution in [0.2, 0.25) is 0 Å². The van der Waals surface area contributed by atoms with E-state index in [-0.39, 0.29) is 17.5 Å². The smallest absolute Gasteiger partial charge is 0.267 e. The molecule has 8 nitrogen and oxygen atoms in total. The molecule has 0 N–H and O–H groups in total. The summed E-state index contributed by atoms with van der Waals surface area (Å²) in [5.74, 6) is 0.926. The molecular weight excluding hydrogens is 404 g/mol. The van der Waals surface area contributed by atoms with Crippen LogP contribution in [0.25, 0.3) is 28.0 Å². The van der Waals surface area contributed by atoms with Crippen molar-refractivity contribution in [1.29, 1.82) is 0 Å². The third kappa shape index (κ3) is 3.60. The molecular formula is C24H22N6O2. The Hall–Kier alpha value is -4.07. The van der Waals surface area contributed by atoms with Crippen molar-refractivity contribution >= 4 is 5.52 Å². The Kier molecular flexibility index (Phi) is 4.70. The minimum absolute atomic E-state index is 0.117. The Morgan fingerprint density at radius 1 is 0.938 bits per heavy atom. The van der Waals surface area contributed by atoms with E-state index in [0.717, 1.165) is 22.3 Å². The summed E-state index contributed by atoms with van der Waals surface area (Å²) < 4.78 is 8.54. The Bertz CT molecular complexity index is 1460. The molecule has 0 spiro atoms. The van der Waals surface area contributed by atoms with Gasteiger partial charge in [-0.2, -0.15) is 15.2 Å². The van der Waals surface area contributed by atoms with Gasteiger partial charge in [0.25, 0.3) is 5.56 Å². The monoisotopic (exact) mass is 426 g/mol. The largest absolute Gasteiger partial charge is 0.339 e. The van der Waals surface area contributed by atoms with Crippen LogP contribution in [0.5, 0.6) is 0 Å². The summed E-state index contributed by atoms with van der Waals surface area (Å²) in [6, 6.07) is 19.0. The zero-order valence-corrected chi connectivity index (χ0v) is 18.1. The predicted molar refractivity (Wildman–Crippen MR) is 120 cm³/mol. The van der Waals surface area contributed by atoms with Crippen LogP contribution in [0.1, 0.15) is 32.5 Å². The second-order valence-electron chi connectivity index (χ2n) is 8.60. The average molecular weight is 426 g/mol. The number of rotatable bonds is 4. The summed E-state index contributed by atoms with van der Waals surface area (Å²) in [5.41, 5.74) is 3.65. The van der Waals surface area contributed by atoms with Crippen LogP contribution < -0.4 is 5.56 Å². The van der Waals surface area contributed by atoms with Gasteiger partial charge in [0, 0.05) is 23.2 Å². The quantitative estimate of drug-likeness (QED) is 0.432. The Morgan fingerprint density at radius 3 is 2.47 bits per heavy atom. The molecule has 32 heavy (non-hydrogen) atoms. The van der Waals surface area contributed by atoms with Gasteiger partial charge in [-0.25, -0.2) is 9.20 Å². The lowest BCUT2D eigenvalue weighted by Crippen LogP contribution is -2.23. The van der Waals surface area contributed by atoms with Gasteiger partial charge in [0.1, 0.15) is 12.2 Å². The highest BCUT2D eigenvalue weighted by Crippen LogP contribution is 2.33. The summed E-state index contributed by atoms with van der Waals surface area (Å²) in [6.45, 7) is 6.09. The number of aromatic nitrogens is 6. The molecule has 0 unspecified atom stereocenters. The molecule has 0 radical (unpaired) electrons. The molecule has 0 saturated heterocycles. The van der Waals surface area contributed by atoms with E-state index in [2.05, 4.69) is 15.2 Å². The lowest BCUT2D eigenvalue weighted by molar-refractivity contribution is 0.317. The van der Waals surface area contributed by atoms with Crippen molar-refractivity contribution < 1.29 is 4.52 Å². The Labute approximate surface area is 184 Å². The molecule has 0 bridgehead atoms. The maximum atomic E-state index is 12.6. The number of nitrogens with zero attached hydrogens (tertiary/aromatic N) is 6. The van der Waals surface area contributed by atoms with Crippen LogP contribution in [0, 0.1) is 0 Å². The zero-order chi connectivity index (χ0) is 22.3. The molecule has 1 aromatic carbocycles. The molecule has 8 heteroatoms. The van der Waals surface area contributed by atoms with Gasteiger partial charge in [0.15, 0.2) is 5.82 Å². The van der Waals surface area contributed by atoms with Gasteiger partial charge in [-0.05, 0) is 18.2 Å². The first-order valence-corrected chi connectivity index (χ1v) is 10.3. The van der Waals surface area contributed by atoms with E-state index < -0.39 is 0 Å². The van der Waals surface area contributed by atoms with E-state index in [0.29, 0.717) is 17.4 Å². The minimum atomic E-state index is -0.271. The second-order valence-corrected chi connectivity index (χ2v) is 8.60. The van der Waals surface area contributed by atoms with Crippen molar-refractivity contribution in [3.05, 3.63) is 88.9 Å².